The molecule has 2 aliphatic rings. The van der Waals surface area contributed by atoms with Gasteiger partial charge in [-0.3, -0.25) is 4.79 Å². The molecule has 1 aliphatic heterocycles. The largest absolute Gasteiger partial charge is 0.351 e. The molecule has 0 radical (unpaired) electrons. The van der Waals surface area contributed by atoms with E-state index in [9.17, 15) is 9.59 Å². The Bertz CT molecular complexity index is 434. The van der Waals surface area contributed by atoms with E-state index in [-0.39, 0.29) is 11.8 Å². The molecule has 22 heavy (non-hydrogen) atoms. The number of nitrogens with zero attached hydrogens (tertiary/aromatic N) is 2. The van der Waals surface area contributed by atoms with Crippen LogP contribution in [0.1, 0.15) is 51.9 Å². The number of hydrogen-bond acceptors (Lipinski definition) is 2. The zero-order chi connectivity index (χ0) is 15.9. The minimum Gasteiger partial charge on any atom is -0.351 e. The Morgan fingerprint density at radius 1 is 1.36 bits per heavy atom. The molecule has 1 fully saturated rings. The molecule has 0 saturated carbocycles. The fraction of sp³-hybridized carbons (Fsp3) is 0.765. The van der Waals surface area contributed by atoms with Crippen LogP contribution in [-0.2, 0) is 4.79 Å². The summed E-state index contributed by atoms with van der Waals surface area (Å²) in [5.41, 5.74) is 6.85. The summed E-state index contributed by atoms with van der Waals surface area (Å²) >= 11 is 0. The van der Waals surface area contributed by atoms with E-state index in [2.05, 4.69) is 6.08 Å². The first-order valence-electron chi connectivity index (χ1n) is 8.63. The summed E-state index contributed by atoms with van der Waals surface area (Å²) in [7, 11) is 0. The van der Waals surface area contributed by atoms with Crippen molar-refractivity contribution in [3.8, 4) is 0 Å². The Hall–Kier alpha value is -1.52. The Balaban J connectivity index is 1.87. The zero-order valence-corrected chi connectivity index (χ0v) is 13.7. The summed E-state index contributed by atoms with van der Waals surface area (Å²) in [6.45, 7) is 4.72. The average Bonchev–Trinajstić information content (AvgIpc) is 2.56. The van der Waals surface area contributed by atoms with Crippen LogP contribution in [0.5, 0.6) is 0 Å². The van der Waals surface area contributed by atoms with E-state index in [1.807, 2.05) is 11.8 Å². The van der Waals surface area contributed by atoms with Gasteiger partial charge in [-0.2, -0.15) is 0 Å². The molecule has 0 aromatic heterocycles. The lowest BCUT2D eigenvalue weighted by molar-refractivity contribution is -0.136. The monoisotopic (exact) mass is 307 g/mol. The first-order valence-corrected chi connectivity index (χ1v) is 8.63. The number of carbonyl (C=O) groups is 2. The van der Waals surface area contributed by atoms with Gasteiger partial charge in [0.25, 0.3) is 0 Å². The molecule has 2 N–H and O–H groups in total. The van der Waals surface area contributed by atoms with E-state index in [0.29, 0.717) is 13.1 Å². The van der Waals surface area contributed by atoms with Gasteiger partial charge in [0.15, 0.2) is 0 Å². The van der Waals surface area contributed by atoms with Crippen LogP contribution in [0.3, 0.4) is 0 Å². The fourth-order valence-corrected chi connectivity index (χ4v) is 3.47. The predicted octanol–water partition coefficient (Wildman–Crippen LogP) is 2.52. The Kier molecular flexibility index (Phi) is 6.28. The van der Waals surface area contributed by atoms with Crippen LogP contribution >= 0.6 is 0 Å². The van der Waals surface area contributed by atoms with Gasteiger partial charge >= 0.3 is 6.03 Å². The predicted molar refractivity (Wildman–Crippen MR) is 87.3 cm³/mol. The number of primary amides is 1. The quantitative estimate of drug-likeness (QED) is 0.793. The summed E-state index contributed by atoms with van der Waals surface area (Å²) in [4.78, 5) is 27.6. The molecular weight excluding hydrogens is 278 g/mol. The molecule has 5 nitrogen and oxygen atoms in total. The summed E-state index contributed by atoms with van der Waals surface area (Å²) < 4.78 is 0. The molecule has 1 atom stereocenters. The number of rotatable bonds is 5. The molecule has 0 aromatic carbocycles. The number of carbonyl (C=O) groups excluding carboxylic acids is 2. The van der Waals surface area contributed by atoms with E-state index in [1.54, 1.807) is 4.90 Å². The van der Waals surface area contributed by atoms with Gasteiger partial charge in [-0.15, -0.1) is 0 Å². The minimum atomic E-state index is -0.409. The van der Waals surface area contributed by atoms with Crippen molar-refractivity contribution in [1.82, 2.24) is 9.80 Å². The maximum absolute atomic E-state index is 12.7. The SMILES string of the molecule is CCN(CCC1=CCCCC1)C(=O)[C@@H]1CCCN(C(N)=O)C1. The Morgan fingerprint density at radius 3 is 2.82 bits per heavy atom. The molecular formula is C17H29N3O2. The van der Waals surface area contributed by atoms with Crippen LogP contribution in [0.4, 0.5) is 4.79 Å². The van der Waals surface area contributed by atoms with E-state index < -0.39 is 6.03 Å². The van der Waals surface area contributed by atoms with Crippen molar-refractivity contribution in [2.24, 2.45) is 11.7 Å². The molecule has 2 rings (SSSR count). The molecule has 0 bridgehead atoms. The van der Waals surface area contributed by atoms with Crippen molar-refractivity contribution in [2.45, 2.75) is 51.9 Å². The van der Waals surface area contributed by atoms with E-state index in [1.165, 1.54) is 31.3 Å². The van der Waals surface area contributed by atoms with Crippen LogP contribution in [0, 0.1) is 5.92 Å². The second-order valence-corrected chi connectivity index (χ2v) is 6.40. The van der Waals surface area contributed by atoms with Gasteiger partial charge in [-0.25, -0.2) is 4.79 Å². The molecule has 0 unspecified atom stereocenters. The molecule has 1 saturated heterocycles. The Morgan fingerprint density at radius 2 is 2.18 bits per heavy atom. The van der Waals surface area contributed by atoms with Gasteiger partial charge in [0.05, 0.1) is 5.92 Å². The van der Waals surface area contributed by atoms with Crippen LogP contribution in [0.2, 0.25) is 0 Å². The van der Waals surface area contributed by atoms with Crippen molar-refractivity contribution in [1.29, 1.82) is 0 Å². The first kappa shape index (κ1) is 16.8. The lowest BCUT2D eigenvalue weighted by atomic mass is 9.95. The maximum atomic E-state index is 12.7. The highest BCUT2D eigenvalue weighted by Crippen LogP contribution is 2.22. The number of piperidine rings is 1. The highest BCUT2D eigenvalue weighted by atomic mass is 16.2. The summed E-state index contributed by atoms with van der Waals surface area (Å²) in [5.74, 6) is 0.103. The van der Waals surface area contributed by atoms with Gasteiger partial charge in [-0.1, -0.05) is 11.6 Å². The van der Waals surface area contributed by atoms with E-state index in [4.69, 9.17) is 5.73 Å². The maximum Gasteiger partial charge on any atom is 0.314 e. The van der Waals surface area contributed by atoms with Crippen molar-refractivity contribution in [2.75, 3.05) is 26.2 Å². The van der Waals surface area contributed by atoms with Crippen LogP contribution in [0.25, 0.3) is 0 Å². The molecule has 1 aliphatic carbocycles. The number of hydrogen-bond donors (Lipinski definition) is 1. The van der Waals surface area contributed by atoms with Crippen LogP contribution < -0.4 is 5.73 Å². The number of allylic oxidation sites excluding steroid dienone is 1. The van der Waals surface area contributed by atoms with Crippen LogP contribution in [-0.4, -0.2) is 47.9 Å². The van der Waals surface area contributed by atoms with Crippen molar-refractivity contribution >= 4 is 11.9 Å². The van der Waals surface area contributed by atoms with E-state index >= 15 is 0 Å². The molecule has 5 heteroatoms. The number of likely N-dealkylation sites (tertiary alicyclic amines) is 1. The van der Waals surface area contributed by atoms with E-state index in [0.717, 1.165) is 32.4 Å². The molecule has 0 spiro atoms. The van der Waals surface area contributed by atoms with Gasteiger partial charge in [-0.05, 0) is 51.9 Å². The molecule has 3 amide bonds. The van der Waals surface area contributed by atoms with Gasteiger partial charge in [0.2, 0.25) is 5.91 Å². The van der Waals surface area contributed by atoms with Crippen LogP contribution in [0.15, 0.2) is 11.6 Å². The minimum absolute atomic E-state index is 0.0819. The number of amides is 3. The third kappa shape index (κ3) is 4.49. The highest BCUT2D eigenvalue weighted by molar-refractivity contribution is 5.80. The standard InChI is InChI=1S/C17H29N3O2/c1-2-19(12-10-14-7-4-3-5-8-14)16(21)15-9-6-11-20(13-15)17(18)22/h7,15H,2-6,8-13H2,1H3,(H2,18,22)/t15-/m1/s1. The third-order valence-corrected chi connectivity index (χ3v) is 4.86. The summed E-state index contributed by atoms with van der Waals surface area (Å²) in [6, 6.07) is -0.409. The number of nitrogens with two attached hydrogens (primary N) is 1. The third-order valence-electron chi connectivity index (χ3n) is 4.86. The van der Waals surface area contributed by atoms with Gasteiger partial charge in [0.1, 0.15) is 0 Å². The normalized spacial score (nSPS) is 22.1. The highest BCUT2D eigenvalue weighted by Gasteiger charge is 2.30. The lowest BCUT2D eigenvalue weighted by Crippen LogP contribution is -2.48. The van der Waals surface area contributed by atoms with Crippen molar-refractivity contribution < 1.29 is 9.59 Å². The molecule has 1 heterocycles. The van der Waals surface area contributed by atoms with Crippen molar-refractivity contribution in [3.05, 3.63) is 11.6 Å². The molecule has 124 valence electrons. The second-order valence-electron chi connectivity index (χ2n) is 6.40. The summed E-state index contributed by atoms with van der Waals surface area (Å²) in [5, 5.41) is 0. The first-order chi connectivity index (χ1) is 10.6. The topological polar surface area (TPSA) is 66.6 Å². The molecule has 0 aromatic rings. The average molecular weight is 307 g/mol. The Labute approximate surface area is 133 Å². The van der Waals surface area contributed by atoms with Crippen molar-refractivity contribution in [3.63, 3.8) is 0 Å². The fourth-order valence-electron chi connectivity index (χ4n) is 3.47. The summed E-state index contributed by atoms with van der Waals surface area (Å²) in [6.07, 6.45) is 10.0. The number of urea groups is 1. The smallest absolute Gasteiger partial charge is 0.314 e. The van der Waals surface area contributed by atoms with Gasteiger partial charge < -0.3 is 15.5 Å². The second kappa shape index (κ2) is 8.20. The van der Waals surface area contributed by atoms with Gasteiger partial charge in [0, 0.05) is 26.2 Å². The lowest BCUT2D eigenvalue weighted by Gasteiger charge is -2.34. The zero-order valence-electron chi connectivity index (χ0n) is 13.7.